The first-order valence-electron chi connectivity index (χ1n) is 9.67. The van der Waals surface area contributed by atoms with E-state index in [1.165, 1.54) is 0 Å². The van der Waals surface area contributed by atoms with Gasteiger partial charge in [-0.3, -0.25) is 4.98 Å². The van der Waals surface area contributed by atoms with Gasteiger partial charge in [0.15, 0.2) is 0 Å². The number of hydrogen-bond donors (Lipinski definition) is 1. The Kier molecular flexibility index (Phi) is 5.97. The van der Waals surface area contributed by atoms with E-state index in [2.05, 4.69) is 16.8 Å². The number of likely N-dealkylation sites (tertiary alicyclic amines) is 1. The van der Waals surface area contributed by atoms with Gasteiger partial charge in [0.05, 0.1) is 29.9 Å². The summed E-state index contributed by atoms with van der Waals surface area (Å²) < 4.78 is 5.26. The van der Waals surface area contributed by atoms with Crippen LogP contribution in [0.2, 0.25) is 0 Å². The molecule has 0 aliphatic carbocycles. The second-order valence-electron chi connectivity index (χ2n) is 7.21. The van der Waals surface area contributed by atoms with Crippen LogP contribution in [0.3, 0.4) is 0 Å². The molecule has 2 heterocycles. The summed E-state index contributed by atoms with van der Waals surface area (Å²) in [4.78, 5) is 16.3. The molecule has 28 heavy (non-hydrogen) atoms. The maximum Gasteiger partial charge on any atom is 0.119 e. The number of nitrogens with two attached hydrogens (primary N) is 1. The van der Waals surface area contributed by atoms with Crippen molar-refractivity contribution in [2.75, 3.05) is 20.2 Å². The van der Waals surface area contributed by atoms with Crippen molar-refractivity contribution in [2.24, 2.45) is 10.7 Å². The molecule has 6 nitrogen and oxygen atoms in total. The first-order valence-corrected chi connectivity index (χ1v) is 9.67. The number of ether oxygens (including phenoxy) is 1. The van der Waals surface area contributed by atoms with Crippen molar-refractivity contribution in [3.8, 4) is 5.75 Å². The minimum absolute atomic E-state index is 0.350. The quantitative estimate of drug-likeness (QED) is 0.628. The van der Waals surface area contributed by atoms with Crippen LogP contribution in [0.5, 0.6) is 5.75 Å². The number of nitrogens with zero attached hydrogens (tertiary/aromatic N) is 4. The van der Waals surface area contributed by atoms with Gasteiger partial charge in [-0.05, 0) is 51.0 Å². The summed E-state index contributed by atoms with van der Waals surface area (Å²) in [5.74, 6) is 2.21. The van der Waals surface area contributed by atoms with E-state index in [1.807, 2.05) is 51.2 Å². The lowest BCUT2D eigenvalue weighted by Gasteiger charge is -2.40. The Morgan fingerprint density at radius 1 is 1.36 bits per heavy atom. The molecular formula is C22H29N5O. The van der Waals surface area contributed by atoms with Crippen LogP contribution in [0, 0.1) is 13.8 Å². The van der Waals surface area contributed by atoms with Crippen LogP contribution in [0.4, 0.5) is 5.69 Å². The number of aryl methyl sites for hydroxylation is 2. The highest BCUT2D eigenvalue weighted by Crippen LogP contribution is 2.29. The maximum atomic E-state index is 6.15. The fraction of sp³-hybridized carbons (Fsp3) is 0.409. The minimum atomic E-state index is 0.350. The van der Waals surface area contributed by atoms with E-state index in [1.54, 1.807) is 7.11 Å². The van der Waals surface area contributed by atoms with E-state index in [0.29, 0.717) is 11.6 Å². The van der Waals surface area contributed by atoms with Crippen LogP contribution in [0.25, 0.3) is 5.70 Å². The molecule has 2 aromatic rings. The number of hydrogen-bond acceptors (Lipinski definition) is 5. The Labute approximate surface area is 167 Å². The van der Waals surface area contributed by atoms with Crippen molar-refractivity contribution >= 4 is 17.2 Å². The summed E-state index contributed by atoms with van der Waals surface area (Å²) in [6, 6.07) is 5.94. The Bertz CT molecular complexity index is 913. The van der Waals surface area contributed by atoms with Crippen molar-refractivity contribution in [3.05, 3.63) is 53.1 Å². The molecule has 1 aliphatic rings. The SMILES string of the molecule is CCC=C(N)c1nc(C2CN(C(C)=Nc3ccc(OC)cc3C)C2)cnc1C. The second-order valence-corrected chi connectivity index (χ2v) is 7.21. The lowest BCUT2D eigenvalue weighted by molar-refractivity contribution is 0.246. The van der Waals surface area contributed by atoms with E-state index >= 15 is 0 Å². The van der Waals surface area contributed by atoms with Gasteiger partial charge < -0.3 is 15.4 Å². The fourth-order valence-corrected chi connectivity index (χ4v) is 3.30. The zero-order valence-electron chi connectivity index (χ0n) is 17.4. The molecule has 1 saturated heterocycles. The lowest BCUT2D eigenvalue weighted by Crippen LogP contribution is -2.47. The highest BCUT2D eigenvalue weighted by molar-refractivity contribution is 5.84. The van der Waals surface area contributed by atoms with E-state index in [-0.39, 0.29) is 0 Å². The van der Waals surface area contributed by atoms with Gasteiger partial charge in [0.1, 0.15) is 17.3 Å². The fourth-order valence-electron chi connectivity index (χ4n) is 3.30. The van der Waals surface area contributed by atoms with Gasteiger partial charge in [0.25, 0.3) is 0 Å². The molecule has 0 saturated carbocycles. The molecule has 2 N–H and O–H groups in total. The normalized spacial score (nSPS) is 15.5. The standard InChI is InChI=1S/C22H29N5O/c1-6-7-19(23)22-15(3)24-11-21(26-22)17-12-27(13-17)16(4)25-20-9-8-18(28-5)10-14(20)2/h7-11,17H,6,12-13,23H2,1-5H3. The predicted molar refractivity (Wildman–Crippen MR) is 114 cm³/mol. The molecule has 6 heteroatoms. The van der Waals surface area contributed by atoms with Crippen molar-refractivity contribution in [3.63, 3.8) is 0 Å². The highest BCUT2D eigenvalue weighted by atomic mass is 16.5. The Morgan fingerprint density at radius 3 is 2.75 bits per heavy atom. The van der Waals surface area contributed by atoms with E-state index in [4.69, 9.17) is 20.4 Å². The number of rotatable bonds is 5. The Hall–Kier alpha value is -2.89. The van der Waals surface area contributed by atoms with Crippen molar-refractivity contribution in [2.45, 2.75) is 40.0 Å². The molecule has 0 atom stereocenters. The maximum absolute atomic E-state index is 6.15. The van der Waals surface area contributed by atoms with Crippen LogP contribution >= 0.6 is 0 Å². The molecule has 0 spiro atoms. The average Bonchev–Trinajstić information content (AvgIpc) is 2.63. The summed E-state index contributed by atoms with van der Waals surface area (Å²) in [5.41, 5.74) is 11.6. The Balaban J connectivity index is 1.70. The van der Waals surface area contributed by atoms with Crippen LogP contribution in [-0.4, -0.2) is 40.9 Å². The molecule has 1 fully saturated rings. The van der Waals surface area contributed by atoms with Crippen LogP contribution in [0.15, 0.2) is 35.5 Å². The number of aliphatic imine (C=N–C) groups is 1. The van der Waals surface area contributed by atoms with Crippen LogP contribution < -0.4 is 10.5 Å². The second kappa shape index (κ2) is 8.42. The number of aromatic nitrogens is 2. The van der Waals surface area contributed by atoms with Gasteiger partial charge >= 0.3 is 0 Å². The number of allylic oxidation sites excluding steroid dienone is 1. The smallest absolute Gasteiger partial charge is 0.119 e. The van der Waals surface area contributed by atoms with Gasteiger partial charge in [0.2, 0.25) is 0 Å². The summed E-state index contributed by atoms with van der Waals surface area (Å²) in [5, 5.41) is 0. The van der Waals surface area contributed by atoms with Gasteiger partial charge in [0, 0.05) is 25.2 Å². The molecule has 1 aliphatic heterocycles. The van der Waals surface area contributed by atoms with E-state index in [0.717, 1.165) is 59.4 Å². The lowest BCUT2D eigenvalue weighted by atomic mass is 9.96. The molecule has 1 aromatic heterocycles. The number of benzene rings is 1. The molecular weight excluding hydrogens is 350 g/mol. The summed E-state index contributed by atoms with van der Waals surface area (Å²) in [7, 11) is 1.67. The minimum Gasteiger partial charge on any atom is -0.497 e. The number of amidine groups is 1. The predicted octanol–water partition coefficient (Wildman–Crippen LogP) is 3.96. The molecule has 0 bridgehead atoms. The molecule has 0 unspecified atom stereocenters. The molecule has 1 aromatic carbocycles. The van der Waals surface area contributed by atoms with Crippen LogP contribution in [-0.2, 0) is 0 Å². The molecule has 148 valence electrons. The monoisotopic (exact) mass is 379 g/mol. The highest BCUT2D eigenvalue weighted by Gasteiger charge is 2.30. The van der Waals surface area contributed by atoms with Crippen molar-refractivity contribution < 1.29 is 4.74 Å². The van der Waals surface area contributed by atoms with Crippen LogP contribution in [0.1, 0.15) is 48.8 Å². The zero-order valence-corrected chi connectivity index (χ0v) is 17.4. The third kappa shape index (κ3) is 4.16. The molecule has 0 amide bonds. The zero-order chi connectivity index (χ0) is 20.3. The van der Waals surface area contributed by atoms with E-state index in [9.17, 15) is 0 Å². The third-order valence-electron chi connectivity index (χ3n) is 5.12. The third-order valence-corrected chi connectivity index (χ3v) is 5.12. The molecule has 3 rings (SSSR count). The summed E-state index contributed by atoms with van der Waals surface area (Å²) in [6.45, 7) is 9.89. The number of methoxy groups -OCH3 is 1. The van der Waals surface area contributed by atoms with Crippen molar-refractivity contribution in [1.29, 1.82) is 0 Å². The largest absolute Gasteiger partial charge is 0.497 e. The summed E-state index contributed by atoms with van der Waals surface area (Å²) in [6.07, 6.45) is 4.75. The topological polar surface area (TPSA) is 76.6 Å². The summed E-state index contributed by atoms with van der Waals surface area (Å²) >= 11 is 0. The van der Waals surface area contributed by atoms with Gasteiger partial charge in [-0.2, -0.15) is 0 Å². The Morgan fingerprint density at radius 2 is 2.11 bits per heavy atom. The first-order chi connectivity index (χ1) is 13.4. The van der Waals surface area contributed by atoms with Gasteiger partial charge in [-0.15, -0.1) is 0 Å². The van der Waals surface area contributed by atoms with E-state index < -0.39 is 0 Å². The van der Waals surface area contributed by atoms with Gasteiger partial charge in [-0.1, -0.05) is 13.0 Å². The molecule has 0 radical (unpaired) electrons. The van der Waals surface area contributed by atoms with Gasteiger partial charge in [-0.25, -0.2) is 9.98 Å². The average molecular weight is 380 g/mol. The van der Waals surface area contributed by atoms with Crippen molar-refractivity contribution in [1.82, 2.24) is 14.9 Å². The first kappa shape index (κ1) is 19.9.